The van der Waals surface area contributed by atoms with Gasteiger partial charge < -0.3 is 9.47 Å². The van der Waals surface area contributed by atoms with Crippen LogP contribution >= 0.6 is 0 Å². The molecular weight excluding hydrogens is 178 g/mol. The zero-order chi connectivity index (χ0) is 9.73. The monoisotopic (exact) mass is 194 g/mol. The predicted molar refractivity (Wildman–Crippen MR) is 44.8 cm³/mol. The van der Waals surface area contributed by atoms with Gasteiger partial charge in [-0.25, -0.2) is 8.78 Å². The summed E-state index contributed by atoms with van der Waals surface area (Å²) < 4.78 is 35.6. The summed E-state index contributed by atoms with van der Waals surface area (Å²) in [6, 6.07) is 0. The molecule has 0 bridgehead atoms. The van der Waals surface area contributed by atoms with Crippen LogP contribution in [-0.2, 0) is 9.47 Å². The second kappa shape index (κ2) is 4.86. The van der Waals surface area contributed by atoms with Crippen LogP contribution in [0.3, 0.4) is 0 Å². The molecule has 1 aliphatic rings. The summed E-state index contributed by atoms with van der Waals surface area (Å²) in [4.78, 5) is 0. The van der Waals surface area contributed by atoms with Crippen molar-refractivity contribution in [1.29, 1.82) is 0 Å². The normalized spacial score (nSPS) is 24.7. The summed E-state index contributed by atoms with van der Waals surface area (Å²) in [6.45, 7) is 1.56. The van der Waals surface area contributed by atoms with E-state index in [0.717, 1.165) is 19.3 Å². The van der Waals surface area contributed by atoms with Crippen LogP contribution in [0.2, 0.25) is 0 Å². The third-order valence-electron chi connectivity index (χ3n) is 2.14. The van der Waals surface area contributed by atoms with Gasteiger partial charge in [-0.2, -0.15) is 0 Å². The average molecular weight is 194 g/mol. The van der Waals surface area contributed by atoms with Crippen LogP contribution in [0.15, 0.2) is 0 Å². The van der Waals surface area contributed by atoms with Gasteiger partial charge in [-0.3, -0.25) is 0 Å². The summed E-state index contributed by atoms with van der Waals surface area (Å²) in [5.74, 6) is -2.71. The van der Waals surface area contributed by atoms with Crippen molar-refractivity contribution in [3.05, 3.63) is 0 Å². The van der Waals surface area contributed by atoms with Crippen molar-refractivity contribution in [2.75, 3.05) is 13.2 Å². The first-order chi connectivity index (χ1) is 6.14. The molecule has 1 aliphatic heterocycles. The maximum absolute atomic E-state index is 12.7. The van der Waals surface area contributed by atoms with Crippen LogP contribution in [0, 0.1) is 0 Å². The lowest BCUT2D eigenvalue weighted by atomic mass is 10.2. The zero-order valence-corrected chi connectivity index (χ0v) is 7.89. The Balaban J connectivity index is 2.17. The minimum atomic E-state index is -2.71. The SMILES string of the molecule is CCC(F)(F)COC1CCCCO1. The molecule has 0 aromatic carbocycles. The van der Waals surface area contributed by atoms with Crippen LogP contribution in [0.5, 0.6) is 0 Å². The molecule has 1 unspecified atom stereocenters. The first kappa shape index (κ1) is 10.9. The Bertz CT molecular complexity index is 145. The molecule has 0 amide bonds. The number of rotatable bonds is 4. The molecule has 13 heavy (non-hydrogen) atoms. The standard InChI is InChI=1S/C9H16F2O2/c1-2-9(10,11)7-13-8-5-3-4-6-12-8/h8H,2-7H2,1H3. The Morgan fingerprint density at radius 3 is 2.77 bits per heavy atom. The maximum atomic E-state index is 12.7. The van der Waals surface area contributed by atoms with E-state index in [2.05, 4.69) is 0 Å². The Kier molecular flexibility index (Phi) is 4.06. The van der Waals surface area contributed by atoms with Gasteiger partial charge in [-0.15, -0.1) is 0 Å². The van der Waals surface area contributed by atoms with Gasteiger partial charge in [0, 0.05) is 13.0 Å². The van der Waals surface area contributed by atoms with E-state index in [-0.39, 0.29) is 6.42 Å². The molecule has 1 saturated heterocycles. The number of alkyl halides is 2. The highest BCUT2D eigenvalue weighted by Crippen LogP contribution is 2.21. The lowest BCUT2D eigenvalue weighted by Gasteiger charge is -2.24. The van der Waals surface area contributed by atoms with Gasteiger partial charge in [0.2, 0.25) is 0 Å². The average Bonchev–Trinajstić information content (AvgIpc) is 2.17. The molecule has 1 rings (SSSR count). The number of halogens is 2. The Labute approximate surface area is 77.2 Å². The van der Waals surface area contributed by atoms with Crippen molar-refractivity contribution >= 4 is 0 Å². The smallest absolute Gasteiger partial charge is 0.270 e. The van der Waals surface area contributed by atoms with E-state index in [4.69, 9.17) is 9.47 Å². The largest absolute Gasteiger partial charge is 0.353 e. The molecule has 78 valence electrons. The molecule has 0 aromatic rings. The fourth-order valence-electron chi connectivity index (χ4n) is 1.16. The molecule has 2 nitrogen and oxygen atoms in total. The third kappa shape index (κ3) is 4.00. The maximum Gasteiger partial charge on any atom is 0.270 e. The van der Waals surface area contributed by atoms with E-state index in [9.17, 15) is 8.78 Å². The van der Waals surface area contributed by atoms with Gasteiger partial charge in [-0.05, 0) is 19.3 Å². The molecule has 1 atom stereocenters. The molecule has 0 aliphatic carbocycles. The predicted octanol–water partition coefficient (Wildman–Crippen LogP) is 2.57. The van der Waals surface area contributed by atoms with Crippen LogP contribution in [0.25, 0.3) is 0 Å². The summed E-state index contributed by atoms with van der Waals surface area (Å²) in [5, 5.41) is 0. The van der Waals surface area contributed by atoms with E-state index in [0.29, 0.717) is 6.61 Å². The number of hydrogen-bond donors (Lipinski definition) is 0. The molecule has 1 heterocycles. The molecular formula is C9H16F2O2. The Morgan fingerprint density at radius 1 is 1.46 bits per heavy atom. The van der Waals surface area contributed by atoms with E-state index in [1.807, 2.05) is 0 Å². The quantitative estimate of drug-likeness (QED) is 0.684. The minimum Gasteiger partial charge on any atom is -0.353 e. The van der Waals surface area contributed by atoms with E-state index >= 15 is 0 Å². The molecule has 0 radical (unpaired) electrons. The Morgan fingerprint density at radius 2 is 2.23 bits per heavy atom. The summed E-state index contributed by atoms with van der Waals surface area (Å²) in [5.41, 5.74) is 0. The highest BCUT2D eigenvalue weighted by Gasteiger charge is 2.28. The topological polar surface area (TPSA) is 18.5 Å². The van der Waals surface area contributed by atoms with Gasteiger partial charge in [0.1, 0.15) is 6.61 Å². The fraction of sp³-hybridized carbons (Fsp3) is 1.00. The van der Waals surface area contributed by atoms with Gasteiger partial charge in [0.25, 0.3) is 5.92 Å². The lowest BCUT2D eigenvalue weighted by Crippen LogP contribution is -2.30. The highest BCUT2D eigenvalue weighted by atomic mass is 19.3. The first-order valence-electron chi connectivity index (χ1n) is 4.75. The van der Waals surface area contributed by atoms with Crippen LogP contribution in [-0.4, -0.2) is 25.4 Å². The van der Waals surface area contributed by atoms with Crippen molar-refractivity contribution in [1.82, 2.24) is 0 Å². The summed E-state index contributed by atoms with van der Waals surface area (Å²) >= 11 is 0. The number of hydrogen-bond acceptors (Lipinski definition) is 2. The van der Waals surface area contributed by atoms with Crippen LogP contribution in [0.4, 0.5) is 8.78 Å². The van der Waals surface area contributed by atoms with E-state index in [1.54, 1.807) is 0 Å². The number of ether oxygens (including phenoxy) is 2. The van der Waals surface area contributed by atoms with Gasteiger partial charge in [-0.1, -0.05) is 6.92 Å². The molecule has 0 spiro atoms. The van der Waals surface area contributed by atoms with Crippen molar-refractivity contribution in [2.24, 2.45) is 0 Å². The van der Waals surface area contributed by atoms with Crippen LogP contribution < -0.4 is 0 Å². The van der Waals surface area contributed by atoms with Crippen LogP contribution in [0.1, 0.15) is 32.6 Å². The molecule has 1 fully saturated rings. The summed E-state index contributed by atoms with van der Waals surface area (Å²) in [7, 11) is 0. The zero-order valence-electron chi connectivity index (χ0n) is 7.89. The van der Waals surface area contributed by atoms with Gasteiger partial charge >= 0.3 is 0 Å². The van der Waals surface area contributed by atoms with Crippen molar-refractivity contribution in [3.63, 3.8) is 0 Å². The first-order valence-corrected chi connectivity index (χ1v) is 4.75. The molecule has 0 N–H and O–H groups in total. The van der Waals surface area contributed by atoms with E-state index < -0.39 is 18.8 Å². The highest BCUT2D eigenvalue weighted by molar-refractivity contribution is 4.63. The summed E-state index contributed by atoms with van der Waals surface area (Å²) in [6.07, 6.45) is 2.15. The van der Waals surface area contributed by atoms with Crippen molar-refractivity contribution in [2.45, 2.75) is 44.8 Å². The van der Waals surface area contributed by atoms with Gasteiger partial charge in [0.05, 0.1) is 0 Å². The van der Waals surface area contributed by atoms with Crippen molar-refractivity contribution < 1.29 is 18.3 Å². The minimum absolute atomic E-state index is 0.181. The van der Waals surface area contributed by atoms with Gasteiger partial charge in [0.15, 0.2) is 6.29 Å². The molecule has 0 aromatic heterocycles. The molecule has 0 saturated carbocycles. The third-order valence-corrected chi connectivity index (χ3v) is 2.14. The Hall–Kier alpha value is -0.220. The fourth-order valence-corrected chi connectivity index (χ4v) is 1.16. The second-order valence-corrected chi connectivity index (χ2v) is 3.32. The van der Waals surface area contributed by atoms with Crippen molar-refractivity contribution in [3.8, 4) is 0 Å². The molecule has 4 heteroatoms. The lowest BCUT2D eigenvalue weighted by molar-refractivity contribution is -0.200. The van der Waals surface area contributed by atoms with E-state index in [1.165, 1.54) is 6.92 Å². The second-order valence-electron chi connectivity index (χ2n) is 3.32.